The first-order chi connectivity index (χ1) is 12.6. The van der Waals surface area contributed by atoms with Crippen LogP contribution in [0.4, 0.5) is 4.39 Å². The number of halogens is 3. The van der Waals surface area contributed by atoms with E-state index >= 15 is 0 Å². The van der Waals surface area contributed by atoms with Crippen LogP contribution in [-0.4, -0.2) is 15.5 Å². The van der Waals surface area contributed by atoms with Crippen molar-refractivity contribution in [2.24, 2.45) is 0 Å². The van der Waals surface area contributed by atoms with E-state index in [4.69, 9.17) is 27.9 Å². The Bertz CT molecular complexity index is 933. The predicted molar refractivity (Wildman–Crippen MR) is 101 cm³/mol. The van der Waals surface area contributed by atoms with Crippen molar-refractivity contribution >= 4 is 23.2 Å². The number of hydrogen-bond donors (Lipinski definition) is 0. The number of allylic oxidation sites excluding steroid dienone is 1. The van der Waals surface area contributed by atoms with E-state index in [-0.39, 0.29) is 33.0 Å². The van der Waals surface area contributed by atoms with Gasteiger partial charge in [-0.1, -0.05) is 29.3 Å². The monoisotopic (exact) mass is 396 g/mol. The highest BCUT2D eigenvalue weighted by atomic mass is 35.5. The zero-order chi connectivity index (χ0) is 18.3. The first-order valence-electron chi connectivity index (χ1n) is 8.88. The first kappa shape index (κ1) is 17.7. The lowest BCUT2D eigenvalue weighted by Crippen LogP contribution is -2.27. The lowest BCUT2D eigenvalue weighted by atomic mass is 10.0. The molecule has 0 radical (unpaired) electrons. The summed E-state index contributed by atoms with van der Waals surface area (Å²) in [5, 5.41) is 0.449. The van der Waals surface area contributed by atoms with Crippen molar-refractivity contribution in [2.75, 3.05) is 0 Å². The Balaban J connectivity index is 1.79. The third kappa shape index (κ3) is 3.08. The van der Waals surface area contributed by atoms with Gasteiger partial charge in [-0.15, -0.1) is 0 Å². The molecule has 1 atom stereocenters. The Hall–Kier alpha value is -1.72. The van der Waals surface area contributed by atoms with Crippen LogP contribution >= 0.6 is 23.2 Å². The summed E-state index contributed by atoms with van der Waals surface area (Å²) in [5.74, 6) is -0.215. The van der Waals surface area contributed by atoms with Crippen molar-refractivity contribution in [1.29, 1.82) is 0 Å². The highest BCUT2D eigenvalue weighted by Crippen LogP contribution is 2.36. The third-order valence-corrected chi connectivity index (χ3v) is 5.62. The third-order valence-electron chi connectivity index (χ3n) is 4.94. The van der Waals surface area contributed by atoms with Crippen LogP contribution in [0.2, 0.25) is 10.2 Å². The normalized spacial score (nSPS) is 19.4. The van der Waals surface area contributed by atoms with E-state index in [1.165, 1.54) is 12.1 Å². The average Bonchev–Trinajstić information content (AvgIpc) is 2.90. The maximum atomic E-state index is 14.6. The Kier molecular flexibility index (Phi) is 4.84. The quantitative estimate of drug-likeness (QED) is 0.680. The van der Waals surface area contributed by atoms with Crippen molar-refractivity contribution < 1.29 is 9.13 Å². The molecule has 0 fully saturated rings. The summed E-state index contributed by atoms with van der Waals surface area (Å²) >= 11 is 12.6. The van der Waals surface area contributed by atoms with E-state index in [1.807, 2.05) is 6.08 Å². The minimum absolute atomic E-state index is 0.0987. The Labute approximate surface area is 160 Å². The molecule has 1 unspecified atom stereocenters. The zero-order valence-corrected chi connectivity index (χ0v) is 15.7. The maximum Gasteiger partial charge on any atom is 0.276 e. The molecular formula is C19H19Cl2FN2O2. The summed E-state index contributed by atoms with van der Waals surface area (Å²) in [6.07, 6.45) is 8.75. The van der Waals surface area contributed by atoms with E-state index in [9.17, 15) is 9.18 Å². The second kappa shape index (κ2) is 7.12. The van der Waals surface area contributed by atoms with E-state index in [0.29, 0.717) is 18.8 Å². The minimum atomic E-state index is -0.580. The lowest BCUT2D eigenvalue weighted by molar-refractivity contribution is 0.230. The molecule has 1 aliphatic carbocycles. The van der Waals surface area contributed by atoms with Crippen molar-refractivity contribution in [3.63, 3.8) is 0 Å². The number of ether oxygens (including phenoxy) is 1. The van der Waals surface area contributed by atoms with E-state index in [1.54, 1.807) is 9.36 Å². The SMILES string of the molecule is O=c1c(-c2cc(OC3C=CCCC3)c(Cl)cc2F)c(Cl)n2n1CCCC2. The highest BCUT2D eigenvalue weighted by Gasteiger charge is 2.25. The highest BCUT2D eigenvalue weighted by molar-refractivity contribution is 6.33. The summed E-state index contributed by atoms with van der Waals surface area (Å²) in [6.45, 7) is 1.24. The fraction of sp³-hybridized carbons (Fsp3) is 0.421. The molecule has 4 rings (SSSR count). The van der Waals surface area contributed by atoms with Gasteiger partial charge in [0.15, 0.2) is 0 Å². The molecule has 0 spiro atoms. The molecule has 1 aromatic carbocycles. The number of fused-ring (bicyclic) bond motifs is 1. The number of rotatable bonds is 3. The van der Waals surface area contributed by atoms with Crippen LogP contribution in [0.1, 0.15) is 32.1 Å². The van der Waals surface area contributed by atoms with Crippen molar-refractivity contribution in [2.45, 2.75) is 51.3 Å². The molecule has 0 amide bonds. The van der Waals surface area contributed by atoms with Crippen molar-refractivity contribution in [3.05, 3.63) is 50.6 Å². The molecule has 0 saturated heterocycles. The molecule has 7 heteroatoms. The van der Waals surface area contributed by atoms with Crippen LogP contribution in [0.15, 0.2) is 29.1 Å². The summed E-state index contributed by atoms with van der Waals surface area (Å²) < 4.78 is 23.9. The molecule has 2 aromatic rings. The van der Waals surface area contributed by atoms with Gasteiger partial charge in [0.2, 0.25) is 0 Å². The van der Waals surface area contributed by atoms with Gasteiger partial charge in [0.25, 0.3) is 5.56 Å². The van der Waals surface area contributed by atoms with Crippen LogP contribution in [0.3, 0.4) is 0 Å². The lowest BCUT2D eigenvalue weighted by Gasteiger charge is -2.20. The standard InChI is InChI=1S/C19H19Cl2FN2O2/c20-14-11-15(22)13(10-16(14)26-12-6-2-1-3-7-12)17-18(21)23-8-4-5-9-24(23)19(17)25/h2,6,10-12H,1,3-5,7-9H2. The fourth-order valence-corrected chi connectivity index (χ4v) is 4.16. The smallest absolute Gasteiger partial charge is 0.276 e. The largest absolute Gasteiger partial charge is 0.485 e. The molecule has 0 bridgehead atoms. The first-order valence-corrected chi connectivity index (χ1v) is 9.63. The summed E-state index contributed by atoms with van der Waals surface area (Å²) in [6, 6.07) is 2.69. The van der Waals surface area contributed by atoms with Crippen LogP contribution in [0.5, 0.6) is 5.75 Å². The zero-order valence-electron chi connectivity index (χ0n) is 14.2. The van der Waals surface area contributed by atoms with Gasteiger partial charge in [-0.3, -0.25) is 9.48 Å². The van der Waals surface area contributed by atoms with Gasteiger partial charge < -0.3 is 4.74 Å². The molecule has 4 nitrogen and oxygen atoms in total. The van der Waals surface area contributed by atoms with Crippen molar-refractivity contribution in [3.8, 4) is 16.9 Å². The minimum Gasteiger partial charge on any atom is -0.485 e. The van der Waals surface area contributed by atoms with Gasteiger partial charge in [0.1, 0.15) is 22.8 Å². The van der Waals surface area contributed by atoms with Crippen molar-refractivity contribution in [1.82, 2.24) is 9.36 Å². The number of hydrogen-bond acceptors (Lipinski definition) is 2. The molecule has 1 aliphatic heterocycles. The molecule has 0 N–H and O–H groups in total. The Morgan fingerprint density at radius 3 is 2.58 bits per heavy atom. The van der Waals surface area contributed by atoms with Crippen LogP contribution in [0.25, 0.3) is 11.1 Å². The van der Waals surface area contributed by atoms with E-state index in [2.05, 4.69) is 6.08 Å². The molecular weight excluding hydrogens is 378 g/mol. The Morgan fingerprint density at radius 2 is 1.88 bits per heavy atom. The molecule has 26 heavy (non-hydrogen) atoms. The number of nitrogens with zero attached hydrogens (tertiary/aromatic N) is 2. The summed E-state index contributed by atoms with van der Waals surface area (Å²) in [5.41, 5.74) is 0.0276. The summed E-state index contributed by atoms with van der Waals surface area (Å²) in [7, 11) is 0. The second-order valence-electron chi connectivity index (χ2n) is 6.70. The average molecular weight is 397 g/mol. The van der Waals surface area contributed by atoms with Gasteiger partial charge in [-0.25, -0.2) is 9.07 Å². The molecule has 1 aromatic heterocycles. The van der Waals surface area contributed by atoms with Gasteiger partial charge in [-0.05, 0) is 50.3 Å². The fourth-order valence-electron chi connectivity index (χ4n) is 3.61. The molecule has 0 saturated carbocycles. The van der Waals surface area contributed by atoms with Gasteiger partial charge in [0.05, 0.1) is 10.6 Å². The van der Waals surface area contributed by atoms with E-state index in [0.717, 1.165) is 32.1 Å². The van der Waals surface area contributed by atoms with Crippen LogP contribution in [-0.2, 0) is 13.1 Å². The second-order valence-corrected chi connectivity index (χ2v) is 7.47. The van der Waals surface area contributed by atoms with Crippen LogP contribution in [0, 0.1) is 5.82 Å². The summed E-state index contributed by atoms with van der Waals surface area (Å²) in [4.78, 5) is 12.8. The topological polar surface area (TPSA) is 36.2 Å². The number of aromatic nitrogens is 2. The maximum absolute atomic E-state index is 14.6. The number of benzene rings is 1. The molecule has 2 heterocycles. The Morgan fingerprint density at radius 1 is 1.12 bits per heavy atom. The van der Waals surface area contributed by atoms with Gasteiger partial charge in [0, 0.05) is 18.7 Å². The molecule has 138 valence electrons. The van der Waals surface area contributed by atoms with Crippen LogP contribution < -0.4 is 10.3 Å². The predicted octanol–water partition coefficient (Wildman–Crippen LogP) is 5.04. The van der Waals surface area contributed by atoms with E-state index < -0.39 is 5.82 Å². The van der Waals surface area contributed by atoms with Gasteiger partial charge in [-0.2, -0.15) is 0 Å². The van der Waals surface area contributed by atoms with Gasteiger partial charge >= 0.3 is 0 Å². The molecule has 2 aliphatic rings.